The third-order valence-corrected chi connectivity index (χ3v) is 3.04. The minimum atomic E-state index is -0.206. The molecule has 0 bridgehead atoms. The van der Waals surface area contributed by atoms with E-state index in [0.717, 1.165) is 5.39 Å². The van der Waals surface area contributed by atoms with E-state index in [9.17, 15) is 9.90 Å². The van der Waals surface area contributed by atoms with Gasteiger partial charge in [0.25, 0.3) is 0 Å². The van der Waals surface area contributed by atoms with Gasteiger partial charge in [0.15, 0.2) is 5.82 Å². The first-order valence-corrected chi connectivity index (χ1v) is 6.48. The molecule has 0 aliphatic heterocycles. The summed E-state index contributed by atoms with van der Waals surface area (Å²) in [5.41, 5.74) is 1.23. The smallest absolute Gasteiger partial charge is 0.222 e. The zero-order valence-electron chi connectivity index (χ0n) is 11.4. The lowest BCUT2D eigenvalue weighted by molar-refractivity contribution is -0.114. The molecule has 0 atom stereocenters. The number of para-hydroxylation sites is 2. The van der Waals surface area contributed by atoms with Gasteiger partial charge in [-0.15, -0.1) is 0 Å². The number of carbonyl (C=O) groups excluding carboxylic acids is 1. The highest BCUT2D eigenvalue weighted by atomic mass is 16.3. The van der Waals surface area contributed by atoms with Gasteiger partial charge >= 0.3 is 0 Å². The van der Waals surface area contributed by atoms with Crippen molar-refractivity contribution in [2.24, 2.45) is 0 Å². The molecule has 0 aliphatic rings. The maximum atomic E-state index is 11.4. The van der Waals surface area contributed by atoms with E-state index in [1.165, 1.54) is 6.92 Å². The number of anilines is 1. The van der Waals surface area contributed by atoms with E-state index in [2.05, 4.69) is 15.3 Å². The standard InChI is InChI=1S/C16H13N3O2/c1-10(20)17-15-11-6-2-4-8-13(11)18-16(19-15)12-7-3-5-9-14(12)21/h2-9,21H,1H3,(H,17,18,19,20). The van der Waals surface area contributed by atoms with Crippen molar-refractivity contribution in [3.05, 3.63) is 48.5 Å². The summed E-state index contributed by atoms with van der Waals surface area (Å²) in [7, 11) is 0. The van der Waals surface area contributed by atoms with Crippen LogP contribution >= 0.6 is 0 Å². The number of hydrogen-bond acceptors (Lipinski definition) is 4. The Morgan fingerprint density at radius 2 is 1.76 bits per heavy atom. The molecule has 0 saturated heterocycles. The number of amides is 1. The number of hydrogen-bond donors (Lipinski definition) is 2. The number of phenolic OH excluding ortho intramolecular Hbond substituents is 1. The van der Waals surface area contributed by atoms with Crippen LogP contribution in [0.4, 0.5) is 5.82 Å². The van der Waals surface area contributed by atoms with Crippen molar-refractivity contribution >= 4 is 22.6 Å². The van der Waals surface area contributed by atoms with E-state index in [-0.39, 0.29) is 11.7 Å². The molecule has 2 N–H and O–H groups in total. The quantitative estimate of drug-likeness (QED) is 0.756. The Bertz CT molecular complexity index is 831. The molecule has 2 aromatic carbocycles. The van der Waals surface area contributed by atoms with Crippen LogP contribution in [0.3, 0.4) is 0 Å². The van der Waals surface area contributed by atoms with E-state index >= 15 is 0 Å². The summed E-state index contributed by atoms with van der Waals surface area (Å²) >= 11 is 0. The SMILES string of the molecule is CC(=O)Nc1nc(-c2ccccc2O)nc2ccccc12. The first-order valence-electron chi connectivity index (χ1n) is 6.48. The Labute approximate surface area is 121 Å². The summed E-state index contributed by atoms with van der Waals surface area (Å²) in [5, 5.41) is 13.4. The molecule has 104 valence electrons. The van der Waals surface area contributed by atoms with Crippen LogP contribution < -0.4 is 5.32 Å². The Kier molecular flexibility index (Phi) is 3.23. The van der Waals surface area contributed by atoms with E-state index < -0.39 is 0 Å². The second-order valence-corrected chi connectivity index (χ2v) is 4.61. The van der Waals surface area contributed by atoms with E-state index in [4.69, 9.17) is 0 Å². The number of rotatable bonds is 2. The summed E-state index contributed by atoms with van der Waals surface area (Å²) in [5.74, 6) is 0.700. The molecule has 3 rings (SSSR count). The average Bonchev–Trinajstić information content (AvgIpc) is 2.47. The van der Waals surface area contributed by atoms with Gasteiger partial charge in [0.05, 0.1) is 11.1 Å². The first kappa shape index (κ1) is 13.1. The maximum Gasteiger partial charge on any atom is 0.222 e. The average molecular weight is 279 g/mol. The van der Waals surface area contributed by atoms with Crippen molar-refractivity contribution in [3.63, 3.8) is 0 Å². The molecular formula is C16H13N3O2. The number of nitrogens with zero attached hydrogens (tertiary/aromatic N) is 2. The summed E-state index contributed by atoms with van der Waals surface area (Å²) in [6.07, 6.45) is 0. The van der Waals surface area contributed by atoms with Gasteiger partial charge in [0.1, 0.15) is 11.6 Å². The fourth-order valence-corrected chi connectivity index (χ4v) is 2.12. The lowest BCUT2D eigenvalue weighted by Gasteiger charge is -2.09. The van der Waals surface area contributed by atoms with Crippen LogP contribution in [0, 0.1) is 0 Å². The van der Waals surface area contributed by atoms with Crippen LogP contribution in [0.5, 0.6) is 5.75 Å². The molecule has 0 spiro atoms. The van der Waals surface area contributed by atoms with Crippen LogP contribution in [0.1, 0.15) is 6.92 Å². The van der Waals surface area contributed by atoms with Crippen LogP contribution in [0.25, 0.3) is 22.3 Å². The summed E-state index contributed by atoms with van der Waals surface area (Å²) in [4.78, 5) is 20.2. The fraction of sp³-hybridized carbons (Fsp3) is 0.0625. The molecule has 1 heterocycles. The van der Waals surface area contributed by atoms with Crippen LogP contribution in [0.15, 0.2) is 48.5 Å². The fourth-order valence-electron chi connectivity index (χ4n) is 2.12. The molecule has 5 heteroatoms. The molecule has 3 aromatic rings. The normalized spacial score (nSPS) is 10.5. The van der Waals surface area contributed by atoms with Gasteiger partial charge in [0, 0.05) is 12.3 Å². The highest BCUT2D eigenvalue weighted by Gasteiger charge is 2.12. The summed E-state index contributed by atoms with van der Waals surface area (Å²) in [6.45, 7) is 1.43. The molecule has 1 aromatic heterocycles. The van der Waals surface area contributed by atoms with E-state index in [1.807, 2.05) is 24.3 Å². The summed E-state index contributed by atoms with van der Waals surface area (Å²) in [6, 6.07) is 14.2. The number of carbonyl (C=O) groups is 1. The lowest BCUT2D eigenvalue weighted by atomic mass is 10.1. The Morgan fingerprint density at radius 3 is 2.52 bits per heavy atom. The lowest BCUT2D eigenvalue weighted by Crippen LogP contribution is -2.09. The second kappa shape index (κ2) is 5.20. The third-order valence-electron chi connectivity index (χ3n) is 3.04. The van der Waals surface area contributed by atoms with Crippen molar-refractivity contribution in [3.8, 4) is 17.1 Å². The van der Waals surface area contributed by atoms with Crippen molar-refractivity contribution in [2.75, 3.05) is 5.32 Å². The number of phenols is 1. The molecule has 5 nitrogen and oxygen atoms in total. The van der Waals surface area contributed by atoms with Crippen molar-refractivity contribution in [1.29, 1.82) is 0 Å². The van der Waals surface area contributed by atoms with Gasteiger partial charge < -0.3 is 10.4 Å². The molecule has 1 amide bonds. The van der Waals surface area contributed by atoms with Crippen molar-refractivity contribution in [2.45, 2.75) is 6.92 Å². The van der Waals surface area contributed by atoms with Gasteiger partial charge in [0.2, 0.25) is 5.91 Å². The highest BCUT2D eigenvalue weighted by molar-refractivity contribution is 5.99. The van der Waals surface area contributed by atoms with Gasteiger partial charge in [-0.05, 0) is 24.3 Å². The molecule has 0 aliphatic carbocycles. The molecule has 0 radical (unpaired) electrons. The largest absolute Gasteiger partial charge is 0.507 e. The maximum absolute atomic E-state index is 11.4. The number of benzene rings is 2. The van der Waals surface area contributed by atoms with Crippen LogP contribution in [-0.4, -0.2) is 21.0 Å². The Balaban J connectivity index is 2.25. The predicted octanol–water partition coefficient (Wildman–Crippen LogP) is 2.96. The number of fused-ring (bicyclic) bond motifs is 1. The molecule has 21 heavy (non-hydrogen) atoms. The van der Waals surface area contributed by atoms with E-state index in [0.29, 0.717) is 22.7 Å². The first-order chi connectivity index (χ1) is 10.1. The zero-order valence-corrected chi connectivity index (χ0v) is 11.4. The van der Waals surface area contributed by atoms with Crippen molar-refractivity contribution < 1.29 is 9.90 Å². The highest BCUT2D eigenvalue weighted by Crippen LogP contribution is 2.29. The van der Waals surface area contributed by atoms with Crippen LogP contribution in [0.2, 0.25) is 0 Å². The van der Waals surface area contributed by atoms with Gasteiger partial charge in [-0.3, -0.25) is 4.79 Å². The van der Waals surface area contributed by atoms with Crippen molar-refractivity contribution in [1.82, 2.24) is 9.97 Å². The Hall–Kier alpha value is -2.95. The number of aromatic nitrogens is 2. The second-order valence-electron chi connectivity index (χ2n) is 4.61. The molecule has 0 fully saturated rings. The van der Waals surface area contributed by atoms with Gasteiger partial charge in [-0.2, -0.15) is 0 Å². The minimum absolute atomic E-state index is 0.0987. The monoisotopic (exact) mass is 279 g/mol. The number of nitrogens with one attached hydrogen (secondary N) is 1. The third kappa shape index (κ3) is 2.53. The molecular weight excluding hydrogens is 266 g/mol. The topological polar surface area (TPSA) is 75.1 Å². The van der Waals surface area contributed by atoms with E-state index in [1.54, 1.807) is 24.3 Å². The summed E-state index contributed by atoms with van der Waals surface area (Å²) < 4.78 is 0. The number of aromatic hydroxyl groups is 1. The minimum Gasteiger partial charge on any atom is -0.507 e. The van der Waals surface area contributed by atoms with Crippen LogP contribution in [-0.2, 0) is 4.79 Å². The van der Waals surface area contributed by atoms with Gasteiger partial charge in [-0.1, -0.05) is 24.3 Å². The molecule has 0 saturated carbocycles. The Morgan fingerprint density at radius 1 is 1.05 bits per heavy atom. The predicted molar refractivity (Wildman–Crippen MR) is 80.9 cm³/mol. The van der Waals surface area contributed by atoms with Gasteiger partial charge in [-0.25, -0.2) is 9.97 Å². The zero-order chi connectivity index (χ0) is 14.8. The molecule has 0 unspecified atom stereocenters.